The van der Waals surface area contributed by atoms with Gasteiger partial charge in [-0.25, -0.2) is 13.1 Å². The molecule has 0 bridgehead atoms. The molecule has 7 heteroatoms. The maximum absolute atomic E-state index is 11.7. The Morgan fingerprint density at radius 2 is 2.30 bits per heavy atom. The second-order valence-corrected chi connectivity index (χ2v) is 8.42. The van der Waals surface area contributed by atoms with Crippen LogP contribution in [0.2, 0.25) is 0 Å². The van der Waals surface area contributed by atoms with E-state index in [0.29, 0.717) is 5.92 Å². The molecule has 2 aliphatic heterocycles. The van der Waals surface area contributed by atoms with Gasteiger partial charge in [-0.1, -0.05) is 6.07 Å². The van der Waals surface area contributed by atoms with Crippen LogP contribution in [-0.4, -0.2) is 62.9 Å². The third-order valence-electron chi connectivity index (χ3n) is 4.71. The van der Waals surface area contributed by atoms with Crippen molar-refractivity contribution in [1.82, 2.24) is 14.6 Å². The van der Waals surface area contributed by atoms with Gasteiger partial charge in [-0.15, -0.1) is 0 Å². The Hall–Kier alpha value is -1.02. The van der Waals surface area contributed by atoms with E-state index in [-0.39, 0.29) is 12.1 Å². The van der Waals surface area contributed by atoms with E-state index < -0.39 is 10.0 Å². The molecule has 3 heterocycles. The molecular formula is C16H25N3O3S. The Bertz CT molecular complexity index is 602. The Balaban J connectivity index is 1.72. The third kappa shape index (κ3) is 4.73. The molecule has 2 fully saturated rings. The average molecular weight is 339 g/mol. The summed E-state index contributed by atoms with van der Waals surface area (Å²) >= 11 is 0. The summed E-state index contributed by atoms with van der Waals surface area (Å²) in [7, 11) is -3.20. The van der Waals surface area contributed by atoms with Crippen LogP contribution in [0.1, 0.15) is 18.4 Å². The zero-order chi connectivity index (χ0) is 16.3. The first-order chi connectivity index (χ1) is 11.0. The highest BCUT2D eigenvalue weighted by atomic mass is 32.2. The number of ether oxygens (including phenoxy) is 1. The Kier molecular flexibility index (Phi) is 5.31. The second-order valence-electron chi connectivity index (χ2n) is 6.64. The van der Waals surface area contributed by atoms with Gasteiger partial charge in [0.15, 0.2) is 0 Å². The minimum Gasteiger partial charge on any atom is -0.381 e. The van der Waals surface area contributed by atoms with E-state index in [2.05, 4.69) is 20.7 Å². The Morgan fingerprint density at radius 1 is 1.43 bits per heavy atom. The molecule has 0 radical (unpaired) electrons. The number of pyridine rings is 1. The minimum atomic E-state index is -3.20. The van der Waals surface area contributed by atoms with Gasteiger partial charge in [-0.05, 0) is 36.8 Å². The van der Waals surface area contributed by atoms with E-state index in [1.54, 1.807) is 6.20 Å². The van der Waals surface area contributed by atoms with E-state index in [1.165, 1.54) is 6.26 Å². The number of nitrogens with one attached hydrogen (secondary N) is 1. The molecule has 0 saturated carbocycles. The highest BCUT2D eigenvalue weighted by molar-refractivity contribution is 7.88. The van der Waals surface area contributed by atoms with Gasteiger partial charge in [0.1, 0.15) is 0 Å². The van der Waals surface area contributed by atoms with Crippen LogP contribution in [-0.2, 0) is 21.2 Å². The van der Waals surface area contributed by atoms with Crippen LogP contribution in [0, 0.1) is 5.92 Å². The first-order valence-corrected chi connectivity index (χ1v) is 10.1. The smallest absolute Gasteiger partial charge is 0.209 e. The molecule has 0 aliphatic carbocycles. The zero-order valence-corrected chi connectivity index (χ0v) is 14.3. The molecule has 1 aromatic heterocycles. The summed E-state index contributed by atoms with van der Waals surface area (Å²) in [5.74, 6) is 0.559. The summed E-state index contributed by atoms with van der Waals surface area (Å²) in [6.07, 6.45) is 7.63. The third-order valence-corrected chi connectivity index (χ3v) is 5.44. The van der Waals surface area contributed by atoms with E-state index in [9.17, 15) is 8.42 Å². The van der Waals surface area contributed by atoms with Gasteiger partial charge in [-0.2, -0.15) is 0 Å². The van der Waals surface area contributed by atoms with Crippen molar-refractivity contribution < 1.29 is 13.2 Å². The molecule has 0 aromatic carbocycles. The second kappa shape index (κ2) is 7.25. The van der Waals surface area contributed by atoms with E-state index in [4.69, 9.17) is 4.74 Å². The summed E-state index contributed by atoms with van der Waals surface area (Å²) in [6.45, 7) is 3.57. The molecule has 3 rings (SSSR count). The van der Waals surface area contributed by atoms with Gasteiger partial charge in [0.05, 0.1) is 12.9 Å². The maximum atomic E-state index is 11.7. The lowest BCUT2D eigenvalue weighted by atomic mass is 10.0. The fraction of sp³-hybridized carbons (Fsp3) is 0.688. The molecule has 0 amide bonds. The number of nitrogens with zero attached hydrogens (tertiary/aromatic N) is 2. The number of hydrogen-bond acceptors (Lipinski definition) is 5. The molecule has 2 saturated heterocycles. The molecular weight excluding hydrogens is 314 g/mol. The van der Waals surface area contributed by atoms with Crippen LogP contribution in [0.5, 0.6) is 0 Å². The minimum absolute atomic E-state index is 0.0347. The monoisotopic (exact) mass is 339 g/mol. The summed E-state index contributed by atoms with van der Waals surface area (Å²) in [5.41, 5.74) is 1.15. The highest BCUT2D eigenvalue weighted by Gasteiger charge is 2.37. The fourth-order valence-electron chi connectivity index (χ4n) is 3.65. The molecule has 0 unspecified atom stereocenters. The molecule has 128 valence electrons. The first kappa shape index (κ1) is 16.8. The van der Waals surface area contributed by atoms with Crippen molar-refractivity contribution in [2.24, 2.45) is 5.92 Å². The summed E-state index contributed by atoms with van der Waals surface area (Å²) < 4.78 is 31.7. The van der Waals surface area contributed by atoms with Crippen molar-refractivity contribution in [3.63, 3.8) is 0 Å². The van der Waals surface area contributed by atoms with Gasteiger partial charge in [0.25, 0.3) is 0 Å². The number of aromatic nitrogens is 1. The lowest BCUT2D eigenvalue weighted by molar-refractivity contribution is 0.159. The predicted molar refractivity (Wildman–Crippen MR) is 88.6 cm³/mol. The van der Waals surface area contributed by atoms with Crippen LogP contribution in [0.3, 0.4) is 0 Å². The van der Waals surface area contributed by atoms with Gasteiger partial charge >= 0.3 is 0 Å². The van der Waals surface area contributed by atoms with Gasteiger partial charge in [-0.3, -0.25) is 9.88 Å². The van der Waals surface area contributed by atoms with Crippen molar-refractivity contribution in [3.8, 4) is 0 Å². The number of sulfonamides is 1. The molecule has 2 aliphatic rings. The number of hydrogen-bond donors (Lipinski definition) is 1. The van der Waals surface area contributed by atoms with Crippen LogP contribution < -0.4 is 4.72 Å². The maximum Gasteiger partial charge on any atom is 0.209 e. The lowest BCUT2D eigenvalue weighted by Gasteiger charge is -2.30. The Labute approximate surface area is 138 Å². The summed E-state index contributed by atoms with van der Waals surface area (Å²) in [5, 5.41) is 0. The first-order valence-electron chi connectivity index (χ1n) is 8.19. The van der Waals surface area contributed by atoms with Crippen molar-refractivity contribution >= 4 is 10.0 Å². The normalized spacial score (nSPS) is 29.2. The lowest BCUT2D eigenvalue weighted by Crippen LogP contribution is -2.47. The molecule has 0 spiro atoms. The molecule has 6 nitrogen and oxygen atoms in total. The van der Waals surface area contributed by atoms with Gasteiger partial charge < -0.3 is 4.74 Å². The standard InChI is InChI=1S/C16H25N3O3S/c1-23(20,21)18-15-4-7-19(11-14-5-8-22-12-14)16(15)9-13-3-2-6-17-10-13/h2-3,6,10,14-16,18H,4-5,7-9,11-12H2,1H3/t14-,15+,16-/m0/s1. The molecule has 1 N–H and O–H groups in total. The highest BCUT2D eigenvalue weighted by Crippen LogP contribution is 2.25. The summed E-state index contributed by atoms with van der Waals surface area (Å²) in [4.78, 5) is 6.60. The van der Waals surface area contributed by atoms with Crippen LogP contribution in [0.25, 0.3) is 0 Å². The topological polar surface area (TPSA) is 71.5 Å². The van der Waals surface area contributed by atoms with Crippen LogP contribution in [0.15, 0.2) is 24.5 Å². The van der Waals surface area contributed by atoms with E-state index >= 15 is 0 Å². The molecule has 3 atom stereocenters. The van der Waals surface area contributed by atoms with Gasteiger partial charge in [0, 0.05) is 44.2 Å². The fourth-order valence-corrected chi connectivity index (χ4v) is 4.47. The average Bonchev–Trinajstić information content (AvgIpc) is 3.12. The summed E-state index contributed by atoms with van der Waals surface area (Å²) in [6, 6.07) is 4.13. The predicted octanol–water partition coefficient (Wildman–Crippen LogP) is 0.653. The van der Waals surface area contributed by atoms with Crippen molar-refractivity contribution in [2.75, 3.05) is 32.6 Å². The van der Waals surface area contributed by atoms with Crippen molar-refractivity contribution in [1.29, 1.82) is 0 Å². The number of likely N-dealkylation sites (tertiary alicyclic amines) is 1. The van der Waals surface area contributed by atoms with Crippen molar-refractivity contribution in [3.05, 3.63) is 30.1 Å². The zero-order valence-electron chi connectivity index (χ0n) is 13.5. The number of rotatable bonds is 6. The van der Waals surface area contributed by atoms with E-state index in [1.807, 2.05) is 12.3 Å². The molecule has 23 heavy (non-hydrogen) atoms. The quantitative estimate of drug-likeness (QED) is 0.824. The van der Waals surface area contributed by atoms with Crippen LogP contribution in [0.4, 0.5) is 0 Å². The SMILES string of the molecule is CS(=O)(=O)N[C@@H]1CCN(C[C@@H]2CCOC2)[C@H]1Cc1cccnc1. The van der Waals surface area contributed by atoms with Crippen LogP contribution >= 0.6 is 0 Å². The molecule has 1 aromatic rings. The van der Waals surface area contributed by atoms with Crippen molar-refractivity contribution in [2.45, 2.75) is 31.3 Å². The Morgan fingerprint density at radius 3 is 2.96 bits per heavy atom. The largest absolute Gasteiger partial charge is 0.381 e. The van der Waals surface area contributed by atoms with Gasteiger partial charge in [0.2, 0.25) is 10.0 Å². The van der Waals surface area contributed by atoms with E-state index in [0.717, 1.165) is 51.1 Å².